The number of benzene rings is 2. The largest absolute Gasteiger partial charge is 0.345 e. The number of hydrogen-bond donors (Lipinski definition) is 3. The van der Waals surface area contributed by atoms with Crippen molar-refractivity contribution in [2.75, 3.05) is 26.7 Å². The van der Waals surface area contributed by atoms with Gasteiger partial charge in [-0.15, -0.1) is 0 Å². The minimum atomic E-state index is -1.41. The molecular weight excluding hydrogens is 542 g/mol. The average molecular weight is 588 g/mol. The van der Waals surface area contributed by atoms with E-state index in [0.29, 0.717) is 13.0 Å². The second-order valence-electron chi connectivity index (χ2n) is 12.3. The third-order valence-corrected chi connectivity index (χ3v) is 9.48. The SMILES string of the molecule is CN[C@@H](C)C(=O)N[C@H](C(=O)[C@@]12CN(CCCc3ccccc3)C(=O)[C@H](Cc3ccccc3)N1C(=O)CN2)C1CCCCC1. The fourth-order valence-electron chi connectivity index (χ4n) is 6.99. The molecule has 0 unspecified atom stereocenters. The number of carbonyl (C=O) groups excluding carboxylic acids is 4. The van der Waals surface area contributed by atoms with Crippen LogP contribution < -0.4 is 16.0 Å². The van der Waals surface area contributed by atoms with Gasteiger partial charge in [0, 0.05) is 13.0 Å². The number of piperazine rings is 1. The molecule has 3 aliphatic rings. The van der Waals surface area contributed by atoms with Gasteiger partial charge in [0.25, 0.3) is 0 Å². The first kappa shape index (κ1) is 30.9. The maximum atomic E-state index is 14.9. The summed E-state index contributed by atoms with van der Waals surface area (Å²) in [4.78, 5) is 59.1. The number of likely N-dealkylation sites (N-methyl/N-ethyl adjacent to an activating group) is 1. The number of Topliss-reactive ketones (excluding diaryl/α,β-unsaturated/α-hetero) is 1. The van der Waals surface area contributed by atoms with Crippen LogP contribution in [0.15, 0.2) is 60.7 Å². The van der Waals surface area contributed by atoms with E-state index in [1.165, 1.54) is 10.5 Å². The minimum absolute atomic E-state index is 0.0274. The molecule has 230 valence electrons. The van der Waals surface area contributed by atoms with Gasteiger partial charge in [-0.05, 0) is 56.7 Å². The molecule has 1 saturated carbocycles. The van der Waals surface area contributed by atoms with E-state index in [-0.39, 0.29) is 42.5 Å². The summed E-state index contributed by atoms with van der Waals surface area (Å²) in [6, 6.07) is 17.7. The van der Waals surface area contributed by atoms with E-state index in [1.54, 1.807) is 18.9 Å². The van der Waals surface area contributed by atoms with Crippen LogP contribution in [0.1, 0.15) is 56.6 Å². The van der Waals surface area contributed by atoms with E-state index in [1.807, 2.05) is 48.5 Å². The Kier molecular flexibility index (Phi) is 9.93. The number of rotatable bonds is 12. The molecule has 2 aliphatic heterocycles. The third kappa shape index (κ3) is 6.68. The van der Waals surface area contributed by atoms with E-state index in [0.717, 1.165) is 50.5 Å². The molecule has 0 spiro atoms. The summed E-state index contributed by atoms with van der Waals surface area (Å²) in [5, 5.41) is 9.35. The van der Waals surface area contributed by atoms with Crippen LogP contribution in [-0.2, 0) is 32.0 Å². The summed E-state index contributed by atoms with van der Waals surface area (Å²) in [6.45, 7) is 2.27. The highest BCUT2D eigenvalue weighted by Gasteiger charge is 2.61. The number of carbonyl (C=O) groups is 4. The second kappa shape index (κ2) is 13.8. The molecule has 1 aliphatic carbocycles. The van der Waals surface area contributed by atoms with Crippen molar-refractivity contribution in [3.05, 3.63) is 71.8 Å². The normalized spacial score (nSPS) is 24.0. The Labute approximate surface area is 254 Å². The number of nitrogens with zero attached hydrogens (tertiary/aromatic N) is 2. The molecule has 2 aromatic rings. The van der Waals surface area contributed by atoms with Crippen LogP contribution in [0, 0.1) is 5.92 Å². The molecule has 2 saturated heterocycles. The van der Waals surface area contributed by atoms with Crippen molar-refractivity contribution in [1.82, 2.24) is 25.8 Å². The van der Waals surface area contributed by atoms with Gasteiger partial charge in [-0.2, -0.15) is 0 Å². The Morgan fingerprint density at radius 3 is 2.28 bits per heavy atom. The van der Waals surface area contributed by atoms with E-state index >= 15 is 0 Å². The van der Waals surface area contributed by atoms with E-state index < -0.39 is 23.8 Å². The van der Waals surface area contributed by atoms with Crippen molar-refractivity contribution in [3.8, 4) is 0 Å². The van der Waals surface area contributed by atoms with E-state index in [9.17, 15) is 19.2 Å². The highest BCUT2D eigenvalue weighted by Crippen LogP contribution is 2.36. The van der Waals surface area contributed by atoms with E-state index in [4.69, 9.17) is 0 Å². The van der Waals surface area contributed by atoms with Gasteiger partial charge in [-0.1, -0.05) is 79.9 Å². The Morgan fingerprint density at radius 1 is 0.977 bits per heavy atom. The van der Waals surface area contributed by atoms with Gasteiger partial charge in [0.2, 0.25) is 17.7 Å². The van der Waals surface area contributed by atoms with Crippen LogP contribution in [0.4, 0.5) is 0 Å². The first-order chi connectivity index (χ1) is 20.8. The van der Waals surface area contributed by atoms with E-state index in [2.05, 4.69) is 28.1 Å². The van der Waals surface area contributed by atoms with Crippen LogP contribution in [0.3, 0.4) is 0 Å². The summed E-state index contributed by atoms with van der Waals surface area (Å²) in [6.07, 6.45) is 6.61. The number of ketones is 1. The first-order valence-electron chi connectivity index (χ1n) is 15.8. The molecule has 3 fully saturated rings. The van der Waals surface area contributed by atoms with Gasteiger partial charge < -0.3 is 20.4 Å². The number of aryl methyl sites for hydroxylation is 1. The van der Waals surface area contributed by atoms with Gasteiger partial charge in [-0.3, -0.25) is 24.5 Å². The maximum absolute atomic E-state index is 14.9. The zero-order valence-corrected chi connectivity index (χ0v) is 25.4. The molecule has 43 heavy (non-hydrogen) atoms. The summed E-state index contributed by atoms with van der Waals surface area (Å²) >= 11 is 0. The Bertz CT molecular complexity index is 1280. The molecule has 0 aromatic heterocycles. The lowest BCUT2D eigenvalue weighted by atomic mass is 9.78. The molecular formula is C34H45N5O4. The fraction of sp³-hybridized carbons (Fsp3) is 0.529. The zero-order chi connectivity index (χ0) is 30.4. The zero-order valence-electron chi connectivity index (χ0n) is 25.4. The van der Waals surface area contributed by atoms with Crippen LogP contribution in [0.5, 0.6) is 0 Å². The predicted octanol–water partition coefficient (Wildman–Crippen LogP) is 2.44. The predicted molar refractivity (Wildman–Crippen MR) is 165 cm³/mol. The molecule has 2 aromatic carbocycles. The first-order valence-corrected chi connectivity index (χ1v) is 15.8. The number of hydrogen-bond acceptors (Lipinski definition) is 6. The summed E-state index contributed by atoms with van der Waals surface area (Å²) in [5.41, 5.74) is 0.705. The molecule has 4 atom stereocenters. The van der Waals surface area contributed by atoms with Crippen molar-refractivity contribution in [3.63, 3.8) is 0 Å². The molecule has 9 nitrogen and oxygen atoms in total. The Hall–Kier alpha value is -3.56. The second-order valence-corrected chi connectivity index (χ2v) is 12.3. The van der Waals surface area contributed by atoms with Crippen molar-refractivity contribution in [1.29, 1.82) is 0 Å². The van der Waals surface area contributed by atoms with Crippen LogP contribution in [0.25, 0.3) is 0 Å². The molecule has 5 rings (SSSR count). The van der Waals surface area contributed by atoms with Crippen molar-refractivity contribution in [2.24, 2.45) is 5.92 Å². The summed E-state index contributed by atoms with van der Waals surface area (Å²) < 4.78 is 0. The van der Waals surface area contributed by atoms with Gasteiger partial charge in [0.05, 0.1) is 25.2 Å². The molecule has 0 radical (unpaired) electrons. The van der Waals surface area contributed by atoms with Crippen LogP contribution >= 0.6 is 0 Å². The van der Waals surface area contributed by atoms with Crippen molar-refractivity contribution in [2.45, 2.75) is 82.1 Å². The fourth-order valence-corrected chi connectivity index (χ4v) is 6.99. The van der Waals surface area contributed by atoms with Crippen LogP contribution in [-0.4, -0.2) is 83.8 Å². The lowest BCUT2D eigenvalue weighted by molar-refractivity contribution is -0.165. The molecule has 3 amide bonds. The lowest BCUT2D eigenvalue weighted by Crippen LogP contribution is -2.76. The molecule has 9 heteroatoms. The Morgan fingerprint density at radius 2 is 1.63 bits per heavy atom. The lowest BCUT2D eigenvalue weighted by Gasteiger charge is -2.51. The minimum Gasteiger partial charge on any atom is -0.345 e. The van der Waals surface area contributed by atoms with Gasteiger partial charge in [0.15, 0.2) is 11.4 Å². The summed E-state index contributed by atoms with van der Waals surface area (Å²) in [5.74, 6) is -0.894. The van der Waals surface area contributed by atoms with Crippen molar-refractivity contribution < 1.29 is 19.2 Å². The highest BCUT2D eigenvalue weighted by atomic mass is 16.2. The standard InChI is InChI=1S/C34H45N5O4/c1-24(35-2)32(42)37-30(27-18-10-5-11-19-27)31(41)34-23-38(20-12-17-25-13-6-3-7-14-25)33(43)28(39(34)29(40)22-36-34)21-26-15-8-4-9-16-26/h3-4,6-9,13-16,24,27-28,30,35-36H,5,10-12,17-23H2,1-2H3,(H,37,42)/t24-,28-,30-,34+/m0/s1. The smallest absolute Gasteiger partial charge is 0.245 e. The average Bonchev–Trinajstić information content (AvgIpc) is 3.38. The number of fused-ring (bicyclic) bond motifs is 1. The quantitative estimate of drug-likeness (QED) is 0.352. The molecule has 3 N–H and O–H groups in total. The third-order valence-electron chi connectivity index (χ3n) is 9.48. The van der Waals surface area contributed by atoms with Gasteiger partial charge >= 0.3 is 0 Å². The maximum Gasteiger partial charge on any atom is 0.245 e. The Balaban J connectivity index is 1.49. The van der Waals surface area contributed by atoms with Gasteiger partial charge in [0.1, 0.15) is 6.04 Å². The molecule has 2 heterocycles. The number of nitrogens with one attached hydrogen (secondary N) is 3. The van der Waals surface area contributed by atoms with Crippen LogP contribution in [0.2, 0.25) is 0 Å². The highest BCUT2D eigenvalue weighted by molar-refractivity contribution is 6.04. The van der Waals surface area contributed by atoms with Gasteiger partial charge in [-0.25, -0.2) is 0 Å². The topological polar surface area (TPSA) is 111 Å². The molecule has 0 bridgehead atoms. The monoisotopic (exact) mass is 587 g/mol. The number of amides is 3. The summed E-state index contributed by atoms with van der Waals surface area (Å²) in [7, 11) is 1.72. The van der Waals surface area contributed by atoms with Crippen molar-refractivity contribution >= 4 is 23.5 Å².